The highest BCUT2D eigenvalue weighted by atomic mass is 35.5. The summed E-state index contributed by atoms with van der Waals surface area (Å²) in [4.78, 5) is 27.6. The fraction of sp³-hybridized carbons (Fsp3) is 0.333. The molecule has 3 heterocycles. The normalized spacial score (nSPS) is 19.0. The molecule has 200 valence electrons. The Morgan fingerprint density at radius 2 is 1.89 bits per heavy atom. The van der Waals surface area contributed by atoms with Crippen molar-refractivity contribution in [3.05, 3.63) is 58.1 Å². The molecule has 11 nitrogen and oxygen atoms in total. The Hall–Kier alpha value is -3.35. The Morgan fingerprint density at radius 3 is 2.53 bits per heavy atom. The van der Waals surface area contributed by atoms with Crippen LogP contribution < -0.4 is 19.4 Å². The Morgan fingerprint density at radius 1 is 1.16 bits per heavy atom. The summed E-state index contributed by atoms with van der Waals surface area (Å²) >= 11 is 12.2. The number of halogens is 2. The van der Waals surface area contributed by atoms with Crippen molar-refractivity contribution in [2.24, 2.45) is 0 Å². The number of fused-ring (bicyclic) bond motifs is 1. The lowest BCUT2D eigenvalue weighted by atomic mass is 10.1. The molecule has 0 spiro atoms. The molecule has 1 aliphatic carbocycles. The zero-order valence-electron chi connectivity index (χ0n) is 20.3. The average Bonchev–Trinajstić information content (AvgIpc) is 3.52. The van der Waals surface area contributed by atoms with Gasteiger partial charge in [0.15, 0.2) is 11.6 Å². The number of anilines is 4. The first-order chi connectivity index (χ1) is 18.2. The maximum Gasteiger partial charge on any atom is 0.326 e. The van der Waals surface area contributed by atoms with E-state index < -0.39 is 27.8 Å². The molecule has 5 rings (SSSR count). The number of aromatic nitrogens is 2. The zero-order valence-corrected chi connectivity index (χ0v) is 22.6. The lowest BCUT2D eigenvalue weighted by molar-refractivity contribution is -0.138. The van der Waals surface area contributed by atoms with E-state index >= 15 is 0 Å². The van der Waals surface area contributed by atoms with Gasteiger partial charge in [-0.25, -0.2) is 13.2 Å². The molecule has 2 aliphatic heterocycles. The molecule has 3 aliphatic rings. The van der Waals surface area contributed by atoms with E-state index in [2.05, 4.69) is 15.5 Å². The summed E-state index contributed by atoms with van der Waals surface area (Å²) in [5, 5.41) is 10.8. The third-order valence-electron chi connectivity index (χ3n) is 6.52. The number of hydrogen-bond donors (Lipinski definition) is 1. The van der Waals surface area contributed by atoms with E-state index in [4.69, 9.17) is 27.9 Å². The number of nitrogens with one attached hydrogen (secondary N) is 1. The van der Waals surface area contributed by atoms with Gasteiger partial charge >= 0.3 is 12.0 Å². The summed E-state index contributed by atoms with van der Waals surface area (Å²) in [6.07, 6.45) is 3.58. The molecule has 1 unspecified atom stereocenters. The first kappa shape index (κ1) is 26.3. The van der Waals surface area contributed by atoms with Crippen LogP contribution in [0.25, 0.3) is 0 Å². The van der Waals surface area contributed by atoms with Gasteiger partial charge in [0.05, 0.1) is 12.8 Å². The van der Waals surface area contributed by atoms with E-state index in [1.165, 1.54) is 24.2 Å². The molecule has 0 bridgehead atoms. The van der Waals surface area contributed by atoms with Gasteiger partial charge in [0.1, 0.15) is 11.8 Å². The molecular weight excluding hydrogens is 555 g/mol. The number of sulfonamides is 1. The first-order valence-corrected chi connectivity index (χ1v) is 14.0. The van der Waals surface area contributed by atoms with Crippen LogP contribution in [0.1, 0.15) is 12.0 Å². The molecule has 0 radical (unpaired) electrons. The molecule has 38 heavy (non-hydrogen) atoms. The molecule has 1 atom stereocenters. The Kier molecular flexibility index (Phi) is 7.21. The quantitative estimate of drug-likeness (QED) is 0.497. The lowest BCUT2D eigenvalue weighted by Crippen LogP contribution is -2.42. The van der Waals surface area contributed by atoms with Crippen molar-refractivity contribution >= 4 is 68.2 Å². The molecule has 1 N–H and O–H groups in total. The van der Waals surface area contributed by atoms with E-state index in [-0.39, 0.29) is 17.5 Å². The maximum atomic E-state index is 13.6. The molecule has 2 amide bonds. The maximum absolute atomic E-state index is 13.6. The van der Waals surface area contributed by atoms with E-state index in [1.54, 1.807) is 30.3 Å². The number of carbonyl (C=O) groups is 2. The van der Waals surface area contributed by atoms with Gasteiger partial charge < -0.3 is 15.0 Å². The van der Waals surface area contributed by atoms with Gasteiger partial charge in [0.2, 0.25) is 10.0 Å². The number of allylic oxidation sites excluding steroid dienone is 3. The number of nitrogens with zero attached hydrogens (tertiary/aromatic N) is 5. The second-order valence-electron chi connectivity index (χ2n) is 8.86. The lowest BCUT2D eigenvalue weighted by Gasteiger charge is -2.29. The third kappa shape index (κ3) is 5.03. The Labute approximate surface area is 229 Å². The molecule has 1 saturated heterocycles. The molecule has 0 saturated carbocycles. The van der Waals surface area contributed by atoms with Crippen LogP contribution in [0.15, 0.2) is 52.5 Å². The number of urea groups is 1. The summed E-state index contributed by atoms with van der Waals surface area (Å²) < 4.78 is 33.1. The van der Waals surface area contributed by atoms with Crippen molar-refractivity contribution in [3.63, 3.8) is 0 Å². The summed E-state index contributed by atoms with van der Waals surface area (Å²) in [6.45, 7) is 1.18. The molecular formula is C24H24Cl2N6O5S. The number of benzene rings is 1. The SMILES string of the molecule is COC(=O)CN(c1ccc2c(c1)CCN2c1ccc(N2CCNC2=O)nn1)S(=O)(=O)C1C=C(Cl)C=C(Cl)C1. The van der Waals surface area contributed by atoms with Crippen LogP contribution >= 0.6 is 23.2 Å². The number of ether oxygens (including phenoxy) is 1. The monoisotopic (exact) mass is 578 g/mol. The number of amides is 2. The van der Waals surface area contributed by atoms with Gasteiger partial charge in [0.25, 0.3) is 0 Å². The van der Waals surface area contributed by atoms with Crippen LogP contribution in [0.3, 0.4) is 0 Å². The largest absolute Gasteiger partial charge is 0.468 e. The Bertz CT molecular complexity index is 1450. The number of rotatable bonds is 7. The first-order valence-electron chi connectivity index (χ1n) is 11.8. The van der Waals surface area contributed by atoms with E-state index in [0.717, 1.165) is 15.6 Å². The number of esters is 1. The van der Waals surface area contributed by atoms with Crippen LogP contribution in [-0.2, 0) is 26.0 Å². The highest BCUT2D eigenvalue weighted by Gasteiger charge is 2.35. The van der Waals surface area contributed by atoms with Gasteiger partial charge in [-0.3, -0.25) is 14.0 Å². The van der Waals surface area contributed by atoms with Gasteiger partial charge in [0, 0.05) is 41.8 Å². The summed E-state index contributed by atoms with van der Waals surface area (Å²) in [7, 11) is -2.87. The second-order valence-corrected chi connectivity index (χ2v) is 11.9. The highest BCUT2D eigenvalue weighted by molar-refractivity contribution is 7.93. The number of carbonyl (C=O) groups excluding carboxylic acids is 2. The molecule has 1 fully saturated rings. The minimum absolute atomic E-state index is 0.0459. The van der Waals surface area contributed by atoms with E-state index in [1.807, 2.05) is 4.90 Å². The second kappa shape index (κ2) is 10.4. The molecule has 2 aromatic rings. The molecule has 1 aromatic carbocycles. The Balaban J connectivity index is 1.43. The fourth-order valence-electron chi connectivity index (χ4n) is 4.63. The van der Waals surface area contributed by atoms with Gasteiger partial charge in [-0.05, 0) is 54.5 Å². The van der Waals surface area contributed by atoms with Crippen molar-refractivity contribution in [2.45, 2.75) is 18.1 Å². The van der Waals surface area contributed by atoms with Crippen LogP contribution in [0.4, 0.5) is 27.8 Å². The summed E-state index contributed by atoms with van der Waals surface area (Å²) in [6, 6.07) is 8.50. The number of hydrogen-bond acceptors (Lipinski definition) is 8. The minimum Gasteiger partial charge on any atom is -0.468 e. The van der Waals surface area contributed by atoms with Gasteiger partial charge in [-0.15, -0.1) is 10.2 Å². The van der Waals surface area contributed by atoms with Crippen molar-refractivity contribution in [1.82, 2.24) is 15.5 Å². The highest BCUT2D eigenvalue weighted by Crippen LogP contribution is 2.38. The predicted octanol–water partition coefficient (Wildman–Crippen LogP) is 3.03. The zero-order chi connectivity index (χ0) is 27.0. The summed E-state index contributed by atoms with van der Waals surface area (Å²) in [5.74, 6) is 0.363. The third-order valence-corrected chi connectivity index (χ3v) is 9.04. The number of methoxy groups -OCH3 is 1. The van der Waals surface area contributed by atoms with Crippen LogP contribution in [0.5, 0.6) is 0 Å². The summed E-state index contributed by atoms with van der Waals surface area (Å²) in [5.41, 5.74) is 2.05. The molecule has 1 aromatic heterocycles. The van der Waals surface area contributed by atoms with E-state index in [9.17, 15) is 18.0 Å². The topological polar surface area (TPSA) is 125 Å². The van der Waals surface area contributed by atoms with Gasteiger partial charge in [-0.1, -0.05) is 23.2 Å². The smallest absolute Gasteiger partial charge is 0.326 e. The van der Waals surface area contributed by atoms with Crippen LogP contribution in [0, 0.1) is 0 Å². The fourth-order valence-corrected chi connectivity index (χ4v) is 7.15. The van der Waals surface area contributed by atoms with Crippen molar-refractivity contribution in [1.29, 1.82) is 0 Å². The van der Waals surface area contributed by atoms with Crippen molar-refractivity contribution in [3.8, 4) is 0 Å². The minimum atomic E-state index is -4.08. The van der Waals surface area contributed by atoms with Gasteiger partial charge in [-0.2, -0.15) is 0 Å². The van der Waals surface area contributed by atoms with Crippen LogP contribution in [-0.4, -0.2) is 69.2 Å². The van der Waals surface area contributed by atoms with E-state index in [0.29, 0.717) is 48.4 Å². The van der Waals surface area contributed by atoms with Crippen molar-refractivity contribution in [2.75, 3.05) is 47.4 Å². The standard InChI is InChI=1S/C24H24Cl2N6O5S/c1-37-23(33)14-32(38(35,36)19-12-16(25)11-17(26)13-19)18-2-3-20-15(10-18)6-8-30(20)21-4-5-22(29-28-21)31-9-7-27-24(31)34/h2-5,10-12,19H,6-9,13-14H2,1H3,(H,27,34). The van der Waals surface area contributed by atoms with Crippen LogP contribution in [0.2, 0.25) is 0 Å². The average molecular weight is 579 g/mol. The predicted molar refractivity (Wildman–Crippen MR) is 144 cm³/mol. The molecule has 14 heteroatoms. The van der Waals surface area contributed by atoms with Crippen molar-refractivity contribution < 1.29 is 22.7 Å².